The van der Waals surface area contributed by atoms with Crippen LogP contribution in [0, 0.1) is 0 Å². The van der Waals surface area contributed by atoms with Gasteiger partial charge in [0.15, 0.2) is 0 Å². The second kappa shape index (κ2) is 5.57. The molecule has 2 rings (SSSR count). The number of nitrogens with two attached hydrogens (primary N) is 1. The molecule has 0 spiro atoms. The van der Waals surface area contributed by atoms with Crippen LogP contribution in [0.1, 0.15) is 11.7 Å². The number of hydrogen-bond donors (Lipinski definition) is 1. The fourth-order valence-corrected chi connectivity index (χ4v) is 1.69. The fraction of sp³-hybridized carbons (Fsp3) is 0.214. The number of ether oxygens (including phenoxy) is 1. The molecule has 0 aliphatic heterocycles. The summed E-state index contributed by atoms with van der Waals surface area (Å²) in [6.45, 7) is 0.484. The second-order valence-corrected chi connectivity index (χ2v) is 3.90. The van der Waals surface area contributed by atoms with E-state index in [1.54, 1.807) is 7.11 Å². The van der Waals surface area contributed by atoms with Gasteiger partial charge >= 0.3 is 0 Å². The Bertz CT molecular complexity index is 453. The smallest absolute Gasteiger partial charge is 0.0707 e. The Balaban J connectivity index is 2.19. The van der Waals surface area contributed by atoms with E-state index in [1.165, 1.54) is 0 Å². The van der Waals surface area contributed by atoms with Crippen LogP contribution in [0.2, 0.25) is 0 Å². The Hall–Kier alpha value is -1.71. The zero-order valence-corrected chi connectivity index (χ0v) is 9.84. The van der Waals surface area contributed by atoms with Gasteiger partial charge in [-0.25, -0.2) is 0 Å². The van der Waals surface area contributed by atoms with Crippen molar-refractivity contribution in [1.82, 2.24) is 4.98 Å². The number of nitrogens with zero attached hydrogens (tertiary/aromatic N) is 1. The second-order valence-electron chi connectivity index (χ2n) is 3.90. The summed E-state index contributed by atoms with van der Waals surface area (Å²) < 4.78 is 5.01. The molecule has 88 valence electrons. The summed E-state index contributed by atoms with van der Waals surface area (Å²) in [5.74, 6) is 0. The summed E-state index contributed by atoms with van der Waals surface area (Å²) in [7, 11) is 1.64. The van der Waals surface area contributed by atoms with Crippen LogP contribution in [0.5, 0.6) is 0 Å². The molecule has 0 aliphatic rings. The quantitative estimate of drug-likeness (QED) is 0.874. The lowest BCUT2D eigenvalue weighted by molar-refractivity contribution is 0.179. The van der Waals surface area contributed by atoms with Crippen LogP contribution in [-0.2, 0) is 4.74 Å². The fourth-order valence-electron chi connectivity index (χ4n) is 1.69. The van der Waals surface area contributed by atoms with Gasteiger partial charge in [-0.3, -0.25) is 4.98 Å². The van der Waals surface area contributed by atoms with Gasteiger partial charge in [0, 0.05) is 18.9 Å². The molecule has 1 aromatic carbocycles. The first kappa shape index (κ1) is 11.8. The minimum Gasteiger partial charge on any atom is -0.383 e. The van der Waals surface area contributed by atoms with Crippen molar-refractivity contribution < 1.29 is 4.74 Å². The highest BCUT2D eigenvalue weighted by molar-refractivity contribution is 5.62. The molecule has 1 heterocycles. The molecule has 0 fully saturated rings. The van der Waals surface area contributed by atoms with Crippen molar-refractivity contribution in [1.29, 1.82) is 0 Å². The molecule has 17 heavy (non-hydrogen) atoms. The molecule has 0 saturated carbocycles. The lowest BCUT2D eigenvalue weighted by atomic mass is 10.1. The first-order valence-electron chi connectivity index (χ1n) is 5.57. The van der Waals surface area contributed by atoms with Crippen LogP contribution >= 0.6 is 0 Å². The zero-order chi connectivity index (χ0) is 12.1. The molecule has 2 N–H and O–H groups in total. The lowest BCUT2D eigenvalue weighted by Gasteiger charge is -2.10. The Kier molecular flexibility index (Phi) is 3.85. The van der Waals surface area contributed by atoms with Gasteiger partial charge in [-0.05, 0) is 11.6 Å². The van der Waals surface area contributed by atoms with Gasteiger partial charge in [0.05, 0.1) is 18.3 Å². The Morgan fingerprint density at radius 3 is 2.47 bits per heavy atom. The van der Waals surface area contributed by atoms with Crippen LogP contribution in [0.15, 0.2) is 48.7 Å². The van der Waals surface area contributed by atoms with Gasteiger partial charge in [-0.2, -0.15) is 0 Å². The van der Waals surface area contributed by atoms with Gasteiger partial charge in [-0.15, -0.1) is 0 Å². The predicted molar refractivity (Wildman–Crippen MR) is 68.5 cm³/mol. The summed E-state index contributed by atoms with van der Waals surface area (Å²) in [5, 5.41) is 0. The van der Waals surface area contributed by atoms with Crippen molar-refractivity contribution in [2.45, 2.75) is 6.04 Å². The maximum absolute atomic E-state index is 5.91. The largest absolute Gasteiger partial charge is 0.383 e. The van der Waals surface area contributed by atoms with Crippen molar-refractivity contribution in [2.24, 2.45) is 5.73 Å². The molecule has 1 aromatic heterocycles. The summed E-state index contributed by atoms with van der Waals surface area (Å²) in [6, 6.07) is 14.0. The third kappa shape index (κ3) is 2.90. The van der Waals surface area contributed by atoms with Gasteiger partial charge in [-0.1, -0.05) is 36.4 Å². The number of hydrogen-bond acceptors (Lipinski definition) is 3. The van der Waals surface area contributed by atoms with Crippen LogP contribution < -0.4 is 5.73 Å². The summed E-state index contributed by atoms with van der Waals surface area (Å²) >= 11 is 0. The highest BCUT2D eigenvalue weighted by Gasteiger charge is 2.06. The maximum atomic E-state index is 5.91. The number of benzene rings is 1. The Morgan fingerprint density at radius 1 is 1.12 bits per heavy atom. The molecule has 0 amide bonds. The third-order valence-electron chi connectivity index (χ3n) is 2.62. The van der Waals surface area contributed by atoms with E-state index in [-0.39, 0.29) is 6.04 Å². The molecule has 3 heteroatoms. The first-order valence-corrected chi connectivity index (χ1v) is 5.57. The predicted octanol–water partition coefficient (Wildman–Crippen LogP) is 2.39. The lowest BCUT2D eigenvalue weighted by Crippen LogP contribution is -2.17. The molecular weight excluding hydrogens is 212 g/mol. The topological polar surface area (TPSA) is 48.1 Å². The number of methoxy groups -OCH3 is 1. The number of rotatable bonds is 4. The van der Waals surface area contributed by atoms with Crippen LogP contribution in [0.3, 0.4) is 0 Å². The van der Waals surface area contributed by atoms with Crippen LogP contribution in [0.4, 0.5) is 0 Å². The van der Waals surface area contributed by atoms with Crippen molar-refractivity contribution >= 4 is 0 Å². The number of pyridine rings is 1. The van der Waals surface area contributed by atoms with Crippen molar-refractivity contribution in [3.05, 3.63) is 54.4 Å². The summed E-state index contributed by atoms with van der Waals surface area (Å²) in [6.07, 6.45) is 1.85. The van der Waals surface area contributed by atoms with E-state index in [2.05, 4.69) is 17.1 Å². The van der Waals surface area contributed by atoms with E-state index < -0.39 is 0 Å². The minimum absolute atomic E-state index is 0.162. The third-order valence-corrected chi connectivity index (χ3v) is 2.62. The van der Waals surface area contributed by atoms with Crippen molar-refractivity contribution in [3.63, 3.8) is 0 Å². The molecular formula is C14H16N2O. The van der Waals surface area contributed by atoms with Gasteiger partial charge in [0.1, 0.15) is 0 Å². The van der Waals surface area contributed by atoms with Crippen LogP contribution in [0.25, 0.3) is 11.1 Å². The van der Waals surface area contributed by atoms with E-state index in [0.717, 1.165) is 16.8 Å². The SMILES string of the molecule is COCC(N)c1ccc(-c2ccccc2)cn1. The van der Waals surface area contributed by atoms with Crippen LogP contribution in [-0.4, -0.2) is 18.7 Å². The van der Waals surface area contributed by atoms with Gasteiger partial charge in [0.2, 0.25) is 0 Å². The highest BCUT2D eigenvalue weighted by Crippen LogP contribution is 2.19. The van der Waals surface area contributed by atoms with E-state index in [4.69, 9.17) is 10.5 Å². The Morgan fingerprint density at radius 2 is 1.88 bits per heavy atom. The molecule has 0 aliphatic carbocycles. The Labute approximate surface area is 101 Å². The average Bonchev–Trinajstić information content (AvgIpc) is 2.40. The monoisotopic (exact) mass is 228 g/mol. The molecule has 0 saturated heterocycles. The van der Waals surface area contributed by atoms with Gasteiger partial charge < -0.3 is 10.5 Å². The van der Waals surface area contributed by atoms with Crippen molar-refractivity contribution in [3.8, 4) is 11.1 Å². The molecule has 1 unspecified atom stereocenters. The van der Waals surface area contributed by atoms with E-state index in [9.17, 15) is 0 Å². The highest BCUT2D eigenvalue weighted by atomic mass is 16.5. The van der Waals surface area contributed by atoms with Gasteiger partial charge in [0.25, 0.3) is 0 Å². The summed E-state index contributed by atoms with van der Waals surface area (Å²) in [4.78, 5) is 4.37. The standard InChI is InChI=1S/C14H16N2O/c1-17-10-13(15)14-8-7-12(9-16-14)11-5-3-2-4-6-11/h2-9,13H,10,15H2,1H3. The normalized spacial score (nSPS) is 12.4. The van der Waals surface area contributed by atoms with E-state index in [1.807, 2.05) is 36.5 Å². The zero-order valence-electron chi connectivity index (χ0n) is 9.84. The molecule has 1 atom stereocenters. The number of aromatic nitrogens is 1. The molecule has 3 nitrogen and oxygen atoms in total. The summed E-state index contributed by atoms with van der Waals surface area (Å²) in [5.41, 5.74) is 9.02. The molecule has 2 aromatic rings. The average molecular weight is 228 g/mol. The molecule has 0 radical (unpaired) electrons. The first-order chi connectivity index (χ1) is 8.31. The molecule has 0 bridgehead atoms. The van der Waals surface area contributed by atoms with Crippen molar-refractivity contribution in [2.75, 3.05) is 13.7 Å². The van der Waals surface area contributed by atoms with E-state index >= 15 is 0 Å². The minimum atomic E-state index is -0.162. The maximum Gasteiger partial charge on any atom is 0.0707 e. The van der Waals surface area contributed by atoms with E-state index in [0.29, 0.717) is 6.61 Å².